The zero-order chi connectivity index (χ0) is 27.2. The van der Waals surface area contributed by atoms with Crippen LogP contribution in [0.3, 0.4) is 0 Å². The van der Waals surface area contributed by atoms with Crippen molar-refractivity contribution >= 4 is 56.9 Å². The standard InChI is InChI=1S/C23H24IN3O3.C2HF3O2/c1-30-14-15-8-10-27(11-9-15)18-5-3-17(4-6-18)25-13-21-20-12-16(24)2-7-19(20)22(28)26-23(21)29;3-2(4,5)1(6)7/h2-7,12-13,15H,8-11,14H2,1H3,(H2,26,28,29);(H,6,7). The summed E-state index contributed by atoms with van der Waals surface area (Å²) in [4.78, 5) is 30.4. The summed E-state index contributed by atoms with van der Waals surface area (Å²) in [6, 6.07) is 13.6. The van der Waals surface area contributed by atoms with Gasteiger partial charge in [0.15, 0.2) is 0 Å². The molecule has 4 rings (SSSR count). The van der Waals surface area contributed by atoms with Crippen LogP contribution in [0.2, 0.25) is 0 Å². The molecule has 198 valence electrons. The van der Waals surface area contributed by atoms with Crippen LogP contribution in [0.4, 0.5) is 24.5 Å². The predicted octanol–water partition coefficient (Wildman–Crippen LogP) is 5.09. The summed E-state index contributed by atoms with van der Waals surface area (Å²) < 4.78 is 38.0. The number of piperidine rings is 1. The van der Waals surface area contributed by atoms with E-state index in [1.54, 1.807) is 19.4 Å². The number of anilines is 1. The van der Waals surface area contributed by atoms with Gasteiger partial charge in [-0.05, 0) is 83.8 Å². The number of carboxylic acid groups (broad SMARTS) is 1. The number of carboxylic acids is 1. The molecule has 0 aliphatic carbocycles. The van der Waals surface area contributed by atoms with Crippen LogP contribution in [-0.4, -0.2) is 60.4 Å². The van der Waals surface area contributed by atoms with Crippen LogP contribution >= 0.6 is 22.6 Å². The highest BCUT2D eigenvalue weighted by atomic mass is 127. The number of carbonyl (C=O) groups is 1. The Balaban J connectivity index is 0.000000479. The number of alkyl halides is 3. The number of aliphatic carboxylic acids is 1. The molecule has 1 aromatic heterocycles. The molecule has 1 fully saturated rings. The van der Waals surface area contributed by atoms with E-state index in [0.717, 1.165) is 41.8 Å². The van der Waals surface area contributed by atoms with Crippen molar-refractivity contribution in [3.8, 4) is 5.88 Å². The third kappa shape index (κ3) is 7.68. The molecule has 0 atom stereocenters. The lowest BCUT2D eigenvalue weighted by Gasteiger charge is -2.33. The fourth-order valence-electron chi connectivity index (χ4n) is 3.92. The first-order valence-electron chi connectivity index (χ1n) is 11.2. The molecule has 0 unspecified atom stereocenters. The Kier molecular flexibility index (Phi) is 9.54. The predicted molar refractivity (Wildman–Crippen MR) is 143 cm³/mol. The number of H-pyrrole nitrogens is 1. The lowest BCUT2D eigenvalue weighted by atomic mass is 9.97. The van der Waals surface area contributed by atoms with E-state index in [0.29, 0.717) is 22.3 Å². The van der Waals surface area contributed by atoms with E-state index < -0.39 is 12.1 Å². The molecule has 0 saturated carbocycles. The lowest BCUT2D eigenvalue weighted by molar-refractivity contribution is -0.192. The minimum atomic E-state index is -5.08. The third-order valence-corrected chi connectivity index (χ3v) is 6.49. The first kappa shape index (κ1) is 28.4. The quantitative estimate of drug-likeness (QED) is 0.267. The normalized spacial score (nSPS) is 14.6. The van der Waals surface area contributed by atoms with Gasteiger partial charge in [-0.2, -0.15) is 13.2 Å². The lowest BCUT2D eigenvalue weighted by Crippen LogP contribution is -2.34. The molecular formula is C25H25F3IN3O5. The molecule has 3 aromatic rings. The van der Waals surface area contributed by atoms with Gasteiger partial charge in [0.25, 0.3) is 5.56 Å². The summed E-state index contributed by atoms with van der Waals surface area (Å²) in [7, 11) is 1.77. The molecule has 0 radical (unpaired) electrons. The molecular weight excluding hydrogens is 606 g/mol. The Labute approximate surface area is 223 Å². The van der Waals surface area contributed by atoms with Crippen LogP contribution in [0.25, 0.3) is 10.8 Å². The second kappa shape index (κ2) is 12.4. The highest BCUT2D eigenvalue weighted by molar-refractivity contribution is 14.1. The van der Waals surface area contributed by atoms with Crippen molar-refractivity contribution in [3.05, 3.63) is 62.0 Å². The number of benzene rings is 2. The number of methoxy groups -OCH3 is 1. The van der Waals surface area contributed by atoms with Gasteiger partial charge in [0.2, 0.25) is 5.88 Å². The summed E-state index contributed by atoms with van der Waals surface area (Å²) in [6.07, 6.45) is -1.19. The summed E-state index contributed by atoms with van der Waals surface area (Å²) in [5.41, 5.74) is 2.18. The molecule has 37 heavy (non-hydrogen) atoms. The summed E-state index contributed by atoms with van der Waals surface area (Å²) in [5.74, 6) is -2.28. The number of aromatic hydroxyl groups is 1. The Morgan fingerprint density at radius 1 is 1.19 bits per heavy atom. The molecule has 8 nitrogen and oxygen atoms in total. The molecule has 3 N–H and O–H groups in total. The Bertz CT molecular complexity index is 1320. The zero-order valence-corrected chi connectivity index (χ0v) is 21.9. The number of halogens is 4. The average Bonchev–Trinajstić information content (AvgIpc) is 2.84. The number of aromatic amines is 1. The Morgan fingerprint density at radius 2 is 1.81 bits per heavy atom. The number of hydrogen-bond acceptors (Lipinski definition) is 6. The Morgan fingerprint density at radius 3 is 2.38 bits per heavy atom. The minimum absolute atomic E-state index is 0.172. The molecule has 0 spiro atoms. The number of nitrogens with zero attached hydrogens (tertiary/aromatic N) is 2. The van der Waals surface area contributed by atoms with E-state index in [1.807, 2.05) is 24.3 Å². The van der Waals surface area contributed by atoms with Crippen molar-refractivity contribution < 1.29 is 32.9 Å². The average molecular weight is 631 g/mol. The number of fused-ring (bicyclic) bond motifs is 1. The number of nitrogens with one attached hydrogen (secondary N) is 1. The molecule has 2 heterocycles. The molecule has 1 aliphatic heterocycles. The molecule has 0 bridgehead atoms. The van der Waals surface area contributed by atoms with E-state index in [-0.39, 0.29) is 11.4 Å². The van der Waals surface area contributed by atoms with Crippen LogP contribution in [0, 0.1) is 9.49 Å². The van der Waals surface area contributed by atoms with Crippen molar-refractivity contribution in [2.45, 2.75) is 19.0 Å². The molecule has 12 heteroatoms. The van der Waals surface area contributed by atoms with Crippen molar-refractivity contribution in [2.75, 3.05) is 31.7 Å². The van der Waals surface area contributed by atoms with Crippen molar-refractivity contribution in [2.24, 2.45) is 10.9 Å². The highest BCUT2D eigenvalue weighted by Crippen LogP contribution is 2.27. The SMILES string of the molecule is COCC1CCN(c2ccc(N=Cc3c(O)[nH]c(=O)c4ccc(I)cc34)cc2)CC1.O=C(O)C(F)(F)F. The van der Waals surface area contributed by atoms with Gasteiger partial charge in [-0.25, -0.2) is 4.79 Å². The maximum atomic E-state index is 12.1. The van der Waals surface area contributed by atoms with Gasteiger partial charge in [-0.3, -0.25) is 14.8 Å². The van der Waals surface area contributed by atoms with Gasteiger partial charge in [0.1, 0.15) is 0 Å². The first-order chi connectivity index (χ1) is 17.5. The van der Waals surface area contributed by atoms with Gasteiger partial charge in [-0.15, -0.1) is 0 Å². The Hall–Kier alpha value is -3.13. The number of rotatable bonds is 5. The van der Waals surface area contributed by atoms with E-state index in [9.17, 15) is 23.1 Å². The first-order valence-corrected chi connectivity index (χ1v) is 12.3. The van der Waals surface area contributed by atoms with Crippen LogP contribution in [0.15, 0.2) is 52.3 Å². The van der Waals surface area contributed by atoms with E-state index >= 15 is 0 Å². The van der Waals surface area contributed by atoms with Gasteiger partial charge in [-0.1, -0.05) is 0 Å². The van der Waals surface area contributed by atoms with E-state index in [2.05, 4.69) is 49.6 Å². The zero-order valence-electron chi connectivity index (χ0n) is 19.8. The smallest absolute Gasteiger partial charge is 0.490 e. The monoisotopic (exact) mass is 631 g/mol. The number of ether oxygens (including phenoxy) is 1. The van der Waals surface area contributed by atoms with Crippen molar-refractivity contribution in [1.82, 2.24) is 4.98 Å². The van der Waals surface area contributed by atoms with Gasteiger partial charge >= 0.3 is 12.1 Å². The summed E-state index contributed by atoms with van der Waals surface area (Å²) in [6.45, 7) is 2.91. The van der Waals surface area contributed by atoms with Crippen LogP contribution < -0.4 is 10.5 Å². The molecule has 1 aliphatic rings. The third-order valence-electron chi connectivity index (χ3n) is 5.82. The fraction of sp³-hybridized carbons (Fsp3) is 0.320. The summed E-state index contributed by atoms with van der Waals surface area (Å²) >= 11 is 2.19. The van der Waals surface area contributed by atoms with Gasteiger partial charge in [0.05, 0.1) is 11.3 Å². The number of hydrogen-bond donors (Lipinski definition) is 3. The van der Waals surface area contributed by atoms with Gasteiger partial charge < -0.3 is 19.8 Å². The molecule has 1 saturated heterocycles. The van der Waals surface area contributed by atoms with Crippen LogP contribution in [-0.2, 0) is 9.53 Å². The van der Waals surface area contributed by atoms with Gasteiger partial charge in [0, 0.05) is 53.1 Å². The topological polar surface area (TPSA) is 115 Å². The second-order valence-electron chi connectivity index (χ2n) is 8.37. The highest BCUT2D eigenvalue weighted by Gasteiger charge is 2.38. The fourth-order valence-corrected chi connectivity index (χ4v) is 4.41. The molecule has 2 aromatic carbocycles. The van der Waals surface area contributed by atoms with Crippen LogP contribution in [0.1, 0.15) is 18.4 Å². The largest absolute Gasteiger partial charge is 0.494 e. The second-order valence-corrected chi connectivity index (χ2v) is 9.62. The number of pyridine rings is 1. The minimum Gasteiger partial charge on any atom is -0.494 e. The maximum Gasteiger partial charge on any atom is 0.490 e. The number of aromatic nitrogens is 1. The number of aliphatic imine (C=N–C) groups is 1. The summed E-state index contributed by atoms with van der Waals surface area (Å²) in [5, 5.41) is 18.6. The van der Waals surface area contributed by atoms with E-state index in [4.69, 9.17) is 14.6 Å². The maximum absolute atomic E-state index is 12.1. The van der Waals surface area contributed by atoms with Crippen LogP contribution in [0.5, 0.6) is 5.88 Å². The van der Waals surface area contributed by atoms with E-state index in [1.165, 1.54) is 5.69 Å². The molecule has 0 amide bonds. The van der Waals surface area contributed by atoms with Crippen molar-refractivity contribution in [3.63, 3.8) is 0 Å². The van der Waals surface area contributed by atoms with Crippen molar-refractivity contribution in [1.29, 1.82) is 0 Å².